The van der Waals surface area contributed by atoms with Gasteiger partial charge in [0.25, 0.3) is 0 Å². The van der Waals surface area contributed by atoms with Crippen LogP contribution in [0.2, 0.25) is 0 Å². The second-order valence-corrected chi connectivity index (χ2v) is 8.74. The number of nitrogens with one attached hydrogen (secondary N) is 3. The molecule has 0 heterocycles. The largest absolute Gasteiger partial charge is 0.480 e. The molecule has 194 valence electrons. The molecule has 0 aliphatic heterocycles. The quantitative estimate of drug-likeness (QED) is 0.129. The summed E-state index contributed by atoms with van der Waals surface area (Å²) in [4.78, 5) is 71.9. The summed E-state index contributed by atoms with van der Waals surface area (Å²) >= 11 is 0. The summed E-state index contributed by atoms with van der Waals surface area (Å²) in [6.07, 6.45) is -0.227. The first-order valence-electron chi connectivity index (χ1n) is 11.2. The number of rotatable bonds is 16. The van der Waals surface area contributed by atoms with Gasteiger partial charge in [-0.15, -0.1) is 0 Å². The van der Waals surface area contributed by atoms with E-state index in [0.717, 1.165) is 0 Å². The van der Waals surface area contributed by atoms with Gasteiger partial charge in [-0.2, -0.15) is 0 Å². The summed E-state index contributed by atoms with van der Waals surface area (Å²) in [6, 6.07) is -4.86. The minimum atomic E-state index is -1.32. The molecule has 0 rings (SSSR count). The standard InChI is InChI=1S/C21H38N6O7/c1-5-11(4)17(20(32)26-14(21(33)34)8-10(2)3)27-19(31)13(6-7-15(23)28)25-18(30)12(22)9-16(24)29/h10-14,17H,5-9,22H2,1-4H3,(H2,23,28)(H2,24,29)(H,25,30)(H,26,32)(H,27,31)(H,33,34). The van der Waals surface area contributed by atoms with Crippen molar-refractivity contribution >= 4 is 35.5 Å². The molecule has 0 aromatic heterocycles. The van der Waals surface area contributed by atoms with Crippen LogP contribution in [-0.2, 0) is 28.8 Å². The first-order chi connectivity index (χ1) is 15.7. The van der Waals surface area contributed by atoms with Crippen molar-refractivity contribution in [3.8, 4) is 0 Å². The smallest absolute Gasteiger partial charge is 0.326 e. The van der Waals surface area contributed by atoms with Crippen molar-refractivity contribution in [2.45, 2.75) is 84.0 Å². The number of carbonyl (C=O) groups excluding carboxylic acids is 5. The summed E-state index contributed by atoms with van der Waals surface area (Å²) in [6.45, 7) is 7.10. The van der Waals surface area contributed by atoms with Crippen LogP contribution in [0.3, 0.4) is 0 Å². The molecular weight excluding hydrogens is 448 g/mol. The van der Waals surface area contributed by atoms with E-state index < -0.39 is 66.1 Å². The van der Waals surface area contributed by atoms with Crippen molar-refractivity contribution < 1.29 is 33.9 Å². The second kappa shape index (κ2) is 14.8. The molecule has 13 nitrogen and oxygen atoms in total. The third kappa shape index (κ3) is 11.6. The van der Waals surface area contributed by atoms with Crippen LogP contribution in [-0.4, -0.2) is 64.8 Å². The zero-order chi connectivity index (χ0) is 26.6. The molecule has 0 saturated heterocycles. The summed E-state index contributed by atoms with van der Waals surface area (Å²) in [5.74, 6) is -5.47. The van der Waals surface area contributed by atoms with Gasteiger partial charge in [-0.1, -0.05) is 34.1 Å². The first-order valence-corrected chi connectivity index (χ1v) is 11.2. The average molecular weight is 487 g/mol. The highest BCUT2D eigenvalue weighted by Crippen LogP contribution is 2.12. The van der Waals surface area contributed by atoms with Gasteiger partial charge in [0.15, 0.2) is 0 Å². The van der Waals surface area contributed by atoms with Crippen molar-refractivity contribution in [3.63, 3.8) is 0 Å². The molecule has 0 aliphatic carbocycles. The van der Waals surface area contributed by atoms with Crippen molar-refractivity contribution in [1.82, 2.24) is 16.0 Å². The number of aliphatic carboxylic acids is 1. The normalized spacial score (nSPS) is 15.4. The Hall–Kier alpha value is -3.22. The van der Waals surface area contributed by atoms with Crippen LogP contribution in [0.5, 0.6) is 0 Å². The van der Waals surface area contributed by atoms with E-state index in [1.165, 1.54) is 0 Å². The number of primary amides is 2. The monoisotopic (exact) mass is 486 g/mol. The highest BCUT2D eigenvalue weighted by molar-refractivity contribution is 5.95. The van der Waals surface area contributed by atoms with Crippen LogP contribution in [0.15, 0.2) is 0 Å². The summed E-state index contributed by atoms with van der Waals surface area (Å²) in [5, 5.41) is 16.7. The van der Waals surface area contributed by atoms with E-state index >= 15 is 0 Å². The Morgan fingerprint density at radius 1 is 0.824 bits per heavy atom. The molecular formula is C21H38N6O7. The summed E-state index contributed by atoms with van der Waals surface area (Å²) in [7, 11) is 0. The van der Waals surface area contributed by atoms with Crippen LogP contribution in [0.25, 0.3) is 0 Å². The van der Waals surface area contributed by atoms with E-state index in [-0.39, 0.29) is 31.1 Å². The van der Waals surface area contributed by atoms with Crippen molar-refractivity contribution in [1.29, 1.82) is 0 Å². The van der Waals surface area contributed by atoms with E-state index in [4.69, 9.17) is 17.2 Å². The fraction of sp³-hybridized carbons (Fsp3) is 0.714. The third-order valence-corrected chi connectivity index (χ3v) is 5.19. The molecule has 0 aromatic carbocycles. The Balaban J connectivity index is 5.63. The van der Waals surface area contributed by atoms with Crippen LogP contribution in [0.1, 0.15) is 59.8 Å². The first kappa shape index (κ1) is 30.8. The zero-order valence-electron chi connectivity index (χ0n) is 20.1. The SMILES string of the molecule is CCC(C)C(NC(=O)C(CCC(N)=O)NC(=O)C(N)CC(N)=O)C(=O)NC(CC(C)C)C(=O)O. The number of hydrogen-bond acceptors (Lipinski definition) is 7. The average Bonchev–Trinajstić information content (AvgIpc) is 2.72. The van der Waals surface area contributed by atoms with E-state index in [1.54, 1.807) is 13.8 Å². The van der Waals surface area contributed by atoms with E-state index in [9.17, 15) is 33.9 Å². The molecule has 10 N–H and O–H groups in total. The molecule has 0 fully saturated rings. The van der Waals surface area contributed by atoms with Crippen molar-refractivity contribution in [2.24, 2.45) is 29.0 Å². The van der Waals surface area contributed by atoms with Gasteiger partial charge in [0.2, 0.25) is 29.5 Å². The number of nitrogens with two attached hydrogens (primary N) is 3. The fourth-order valence-corrected chi connectivity index (χ4v) is 3.05. The van der Waals surface area contributed by atoms with Crippen LogP contribution in [0, 0.1) is 11.8 Å². The van der Waals surface area contributed by atoms with Crippen molar-refractivity contribution in [2.75, 3.05) is 0 Å². The third-order valence-electron chi connectivity index (χ3n) is 5.19. The van der Waals surface area contributed by atoms with Crippen LogP contribution in [0.4, 0.5) is 0 Å². The highest BCUT2D eigenvalue weighted by Gasteiger charge is 2.33. The molecule has 0 saturated carbocycles. The summed E-state index contributed by atoms with van der Waals surface area (Å²) in [5.41, 5.74) is 15.8. The Bertz CT molecular complexity index is 758. The molecule has 5 amide bonds. The zero-order valence-corrected chi connectivity index (χ0v) is 20.1. The second-order valence-electron chi connectivity index (χ2n) is 8.74. The molecule has 0 aromatic rings. The van der Waals surface area contributed by atoms with E-state index in [2.05, 4.69) is 16.0 Å². The van der Waals surface area contributed by atoms with Gasteiger partial charge < -0.3 is 38.3 Å². The number of carboxylic acids is 1. The predicted octanol–water partition coefficient (Wildman–Crippen LogP) is -1.91. The van der Waals surface area contributed by atoms with Crippen molar-refractivity contribution in [3.05, 3.63) is 0 Å². The van der Waals surface area contributed by atoms with Gasteiger partial charge in [0.1, 0.15) is 18.1 Å². The Kier molecular flexibility index (Phi) is 13.4. The molecule has 5 atom stereocenters. The molecule has 13 heteroatoms. The maximum atomic E-state index is 13.0. The lowest BCUT2D eigenvalue weighted by molar-refractivity contribution is -0.143. The van der Waals surface area contributed by atoms with Gasteiger partial charge in [-0.3, -0.25) is 24.0 Å². The fourth-order valence-electron chi connectivity index (χ4n) is 3.05. The number of carboxylic acid groups (broad SMARTS) is 1. The topological polar surface area (TPSA) is 237 Å². The number of hydrogen-bond donors (Lipinski definition) is 7. The lowest BCUT2D eigenvalue weighted by Crippen LogP contribution is -2.59. The van der Waals surface area contributed by atoms with E-state index in [1.807, 2.05) is 13.8 Å². The number of amides is 5. The molecule has 34 heavy (non-hydrogen) atoms. The Labute approximate surface area is 198 Å². The molecule has 0 aliphatic rings. The molecule has 0 spiro atoms. The van der Waals surface area contributed by atoms with Crippen LogP contribution >= 0.6 is 0 Å². The Morgan fingerprint density at radius 3 is 1.82 bits per heavy atom. The predicted molar refractivity (Wildman–Crippen MR) is 123 cm³/mol. The minimum absolute atomic E-state index is 0.00366. The number of carbonyl (C=O) groups is 6. The van der Waals surface area contributed by atoms with Gasteiger partial charge in [0.05, 0.1) is 12.5 Å². The maximum Gasteiger partial charge on any atom is 0.326 e. The summed E-state index contributed by atoms with van der Waals surface area (Å²) < 4.78 is 0. The molecule has 0 radical (unpaired) electrons. The highest BCUT2D eigenvalue weighted by atomic mass is 16.4. The maximum absolute atomic E-state index is 13.0. The van der Waals surface area contributed by atoms with Gasteiger partial charge in [-0.05, 0) is 24.7 Å². The van der Waals surface area contributed by atoms with Gasteiger partial charge in [0, 0.05) is 6.42 Å². The van der Waals surface area contributed by atoms with E-state index in [0.29, 0.717) is 6.42 Å². The Morgan fingerprint density at radius 2 is 1.38 bits per heavy atom. The lowest BCUT2D eigenvalue weighted by Gasteiger charge is -2.28. The minimum Gasteiger partial charge on any atom is -0.480 e. The van der Waals surface area contributed by atoms with Gasteiger partial charge in [-0.25, -0.2) is 4.79 Å². The molecule has 5 unspecified atom stereocenters. The van der Waals surface area contributed by atoms with Crippen LogP contribution < -0.4 is 33.2 Å². The molecule has 0 bridgehead atoms. The van der Waals surface area contributed by atoms with Gasteiger partial charge >= 0.3 is 5.97 Å². The lowest BCUT2D eigenvalue weighted by atomic mass is 9.96.